The van der Waals surface area contributed by atoms with Crippen molar-refractivity contribution in [2.75, 3.05) is 0 Å². The minimum Gasteiger partial charge on any atom is -0.204 e. The molecule has 0 bridgehead atoms. The summed E-state index contributed by atoms with van der Waals surface area (Å²) in [5.41, 5.74) is 1.84. The molecule has 0 aliphatic heterocycles. The Hall–Kier alpha value is -1.45. The van der Waals surface area contributed by atoms with E-state index in [4.69, 9.17) is 0 Å². The fraction of sp³-hybridized carbons (Fsp3) is 0.143. The molecule has 4 heteroatoms. The summed E-state index contributed by atoms with van der Waals surface area (Å²) in [4.78, 5) is 0. The quantitative estimate of drug-likeness (QED) is 0.618. The van der Waals surface area contributed by atoms with Crippen LogP contribution in [0.2, 0.25) is 0 Å². The van der Waals surface area contributed by atoms with Crippen LogP contribution in [0.25, 0.3) is 11.0 Å². The van der Waals surface area contributed by atoms with E-state index in [9.17, 15) is 4.39 Å². The van der Waals surface area contributed by atoms with Gasteiger partial charge in [0.25, 0.3) is 0 Å². The molecule has 1 aromatic heterocycles. The lowest BCUT2D eigenvalue weighted by Gasteiger charge is -1.91. The number of aromatic nitrogens is 3. The van der Waals surface area contributed by atoms with Crippen LogP contribution in [0.4, 0.5) is 4.39 Å². The molecule has 1 heterocycles. The molecule has 2 rings (SSSR count). The highest BCUT2D eigenvalue weighted by molar-refractivity contribution is 5.77. The summed E-state index contributed by atoms with van der Waals surface area (Å²) in [6.07, 6.45) is 0. The van der Waals surface area contributed by atoms with E-state index in [0.29, 0.717) is 11.0 Å². The Morgan fingerprint density at radius 1 is 1.27 bits per heavy atom. The molecule has 11 heavy (non-hydrogen) atoms. The highest BCUT2D eigenvalue weighted by atomic mass is 19.1. The Labute approximate surface area is 62.2 Å². The second-order valence-corrected chi connectivity index (χ2v) is 2.39. The standard InChI is InChI=1S/C7H6FN3/c1-4-2-3-5(8)7-6(4)9-11-10-7/h2-3H,1H3,(H,9,10,11). The van der Waals surface area contributed by atoms with Crippen LogP contribution in [0.5, 0.6) is 0 Å². The van der Waals surface area contributed by atoms with Crippen molar-refractivity contribution in [1.29, 1.82) is 0 Å². The number of nitrogens with one attached hydrogen (secondary N) is 1. The Balaban J connectivity index is 2.96. The van der Waals surface area contributed by atoms with Crippen LogP contribution in [-0.4, -0.2) is 15.4 Å². The van der Waals surface area contributed by atoms with E-state index in [-0.39, 0.29) is 5.82 Å². The van der Waals surface area contributed by atoms with Crippen molar-refractivity contribution in [2.24, 2.45) is 0 Å². The van der Waals surface area contributed by atoms with Crippen LogP contribution in [0.1, 0.15) is 5.56 Å². The number of halogens is 1. The normalized spacial score (nSPS) is 10.7. The van der Waals surface area contributed by atoms with Gasteiger partial charge in [0.05, 0.1) is 0 Å². The summed E-state index contributed by atoms with van der Waals surface area (Å²) in [5.74, 6) is -0.334. The van der Waals surface area contributed by atoms with Gasteiger partial charge >= 0.3 is 0 Å². The van der Waals surface area contributed by atoms with E-state index in [1.165, 1.54) is 6.07 Å². The highest BCUT2D eigenvalue weighted by Gasteiger charge is 2.05. The van der Waals surface area contributed by atoms with Crippen molar-refractivity contribution in [3.8, 4) is 0 Å². The van der Waals surface area contributed by atoms with Gasteiger partial charge in [0.2, 0.25) is 0 Å². The molecule has 1 aromatic carbocycles. The molecule has 0 saturated heterocycles. The zero-order valence-electron chi connectivity index (χ0n) is 5.93. The highest BCUT2D eigenvalue weighted by Crippen LogP contribution is 2.15. The predicted molar refractivity (Wildman–Crippen MR) is 38.6 cm³/mol. The Morgan fingerprint density at radius 2 is 2.00 bits per heavy atom. The third kappa shape index (κ3) is 0.790. The van der Waals surface area contributed by atoms with Gasteiger partial charge in [0.15, 0.2) is 5.82 Å². The van der Waals surface area contributed by atoms with Crippen LogP contribution in [-0.2, 0) is 0 Å². The first-order valence-electron chi connectivity index (χ1n) is 3.24. The molecule has 56 valence electrons. The summed E-state index contributed by atoms with van der Waals surface area (Å²) in [6, 6.07) is 3.07. The summed E-state index contributed by atoms with van der Waals surface area (Å²) in [5, 5.41) is 9.85. The zero-order valence-corrected chi connectivity index (χ0v) is 5.93. The SMILES string of the molecule is Cc1ccc(F)c2n[nH]nc12. The molecular weight excluding hydrogens is 145 g/mol. The number of aromatic amines is 1. The fourth-order valence-corrected chi connectivity index (χ4v) is 1.03. The maximum Gasteiger partial charge on any atom is 0.153 e. The molecule has 0 saturated carbocycles. The summed E-state index contributed by atoms with van der Waals surface area (Å²) in [7, 11) is 0. The molecule has 2 aromatic rings. The lowest BCUT2D eigenvalue weighted by atomic mass is 10.2. The lowest BCUT2D eigenvalue weighted by Crippen LogP contribution is -1.80. The average molecular weight is 151 g/mol. The minimum atomic E-state index is -0.334. The molecule has 0 amide bonds. The zero-order chi connectivity index (χ0) is 7.84. The predicted octanol–water partition coefficient (Wildman–Crippen LogP) is 1.41. The lowest BCUT2D eigenvalue weighted by molar-refractivity contribution is 0.636. The van der Waals surface area contributed by atoms with E-state index < -0.39 is 0 Å². The number of H-pyrrole nitrogens is 1. The monoisotopic (exact) mass is 151 g/mol. The summed E-state index contributed by atoms with van der Waals surface area (Å²) in [6.45, 7) is 1.87. The molecule has 0 spiro atoms. The van der Waals surface area contributed by atoms with E-state index in [2.05, 4.69) is 15.4 Å². The van der Waals surface area contributed by atoms with Gasteiger partial charge in [0, 0.05) is 0 Å². The van der Waals surface area contributed by atoms with Crippen LogP contribution < -0.4 is 0 Å². The second-order valence-electron chi connectivity index (χ2n) is 2.39. The number of aryl methyl sites for hydroxylation is 1. The molecule has 0 aliphatic rings. The number of hydrogen-bond acceptors (Lipinski definition) is 2. The minimum absolute atomic E-state index is 0.310. The van der Waals surface area contributed by atoms with E-state index in [1.54, 1.807) is 6.07 Å². The van der Waals surface area contributed by atoms with Gasteiger partial charge in [0.1, 0.15) is 11.0 Å². The number of nitrogens with zero attached hydrogens (tertiary/aromatic N) is 2. The smallest absolute Gasteiger partial charge is 0.153 e. The molecule has 1 N–H and O–H groups in total. The third-order valence-electron chi connectivity index (χ3n) is 1.63. The number of rotatable bonds is 0. The first-order chi connectivity index (χ1) is 5.29. The molecule has 0 fully saturated rings. The maximum atomic E-state index is 12.9. The first kappa shape index (κ1) is 6.27. The van der Waals surface area contributed by atoms with Crippen LogP contribution >= 0.6 is 0 Å². The van der Waals surface area contributed by atoms with Crippen LogP contribution in [0.3, 0.4) is 0 Å². The largest absolute Gasteiger partial charge is 0.204 e. The number of fused-ring (bicyclic) bond motifs is 1. The van der Waals surface area contributed by atoms with Crippen LogP contribution in [0.15, 0.2) is 12.1 Å². The van der Waals surface area contributed by atoms with Gasteiger partial charge in [-0.2, -0.15) is 15.4 Å². The summed E-state index contributed by atoms with van der Waals surface area (Å²) < 4.78 is 12.9. The molecule has 0 unspecified atom stereocenters. The van der Waals surface area contributed by atoms with Gasteiger partial charge in [-0.25, -0.2) is 4.39 Å². The Morgan fingerprint density at radius 3 is 2.73 bits per heavy atom. The molecular formula is C7H6FN3. The van der Waals surface area contributed by atoms with Crippen molar-refractivity contribution >= 4 is 11.0 Å². The van der Waals surface area contributed by atoms with Gasteiger partial charge in [-0.1, -0.05) is 6.07 Å². The van der Waals surface area contributed by atoms with Gasteiger partial charge < -0.3 is 0 Å². The van der Waals surface area contributed by atoms with E-state index in [0.717, 1.165) is 5.56 Å². The number of hydrogen-bond donors (Lipinski definition) is 1. The molecule has 0 atom stereocenters. The topological polar surface area (TPSA) is 41.6 Å². The van der Waals surface area contributed by atoms with Gasteiger partial charge in [-0.15, -0.1) is 0 Å². The van der Waals surface area contributed by atoms with Crippen molar-refractivity contribution in [2.45, 2.75) is 6.92 Å². The van der Waals surface area contributed by atoms with Crippen molar-refractivity contribution in [1.82, 2.24) is 15.4 Å². The third-order valence-corrected chi connectivity index (χ3v) is 1.63. The average Bonchev–Trinajstić information content (AvgIpc) is 2.45. The Bertz CT molecular complexity index is 357. The van der Waals surface area contributed by atoms with Gasteiger partial charge in [-0.05, 0) is 18.6 Å². The second kappa shape index (κ2) is 2.02. The van der Waals surface area contributed by atoms with E-state index in [1.807, 2.05) is 6.92 Å². The maximum absolute atomic E-state index is 12.9. The van der Waals surface area contributed by atoms with Crippen molar-refractivity contribution < 1.29 is 4.39 Å². The van der Waals surface area contributed by atoms with Gasteiger partial charge in [-0.3, -0.25) is 0 Å². The first-order valence-corrected chi connectivity index (χ1v) is 3.24. The molecule has 0 radical (unpaired) electrons. The van der Waals surface area contributed by atoms with Crippen LogP contribution in [0, 0.1) is 12.7 Å². The fourth-order valence-electron chi connectivity index (χ4n) is 1.03. The molecule has 3 nitrogen and oxygen atoms in total. The van der Waals surface area contributed by atoms with Crippen molar-refractivity contribution in [3.63, 3.8) is 0 Å². The Kier molecular flexibility index (Phi) is 1.15. The van der Waals surface area contributed by atoms with E-state index >= 15 is 0 Å². The summed E-state index contributed by atoms with van der Waals surface area (Å²) >= 11 is 0. The van der Waals surface area contributed by atoms with Crippen molar-refractivity contribution in [3.05, 3.63) is 23.5 Å². The number of benzene rings is 1. The molecule has 0 aliphatic carbocycles.